The normalized spacial score (nSPS) is 10.0. The Morgan fingerprint density at radius 1 is 1.17 bits per heavy atom. The van der Waals surface area contributed by atoms with Gasteiger partial charge in [-0.05, 0) is 20.8 Å². The summed E-state index contributed by atoms with van der Waals surface area (Å²) >= 11 is 0. The molecule has 0 saturated heterocycles. The summed E-state index contributed by atoms with van der Waals surface area (Å²) in [5.74, 6) is 0. The SMILES string of the molecule is CC(C)(C)N.Cl. The fraction of sp³-hybridized carbons (Fsp3) is 1.00. The Hall–Kier alpha value is 0.250. The van der Waals surface area contributed by atoms with Crippen molar-refractivity contribution in [2.45, 2.75) is 26.3 Å². The predicted octanol–water partition coefficient (Wildman–Crippen LogP) is 1.17. The van der Waals surface area contributed by atoms with Gasteiger partial charge in [0.25, 0.3) is 0 Å². The van der Waals surface area contributed by atoms with E-state index >= 15 is 0 Å². The van der Waals surface area contributed by atoms with Crippen LogP contribution in [-0.2, 0) is 0 Å². The van der Waals surface area contributed by atoms with Crippen molar-refractivity contribution in [2.24, 2.45) is 5.73 Å². The molecule has 0 bridgehead atoms. The summed E-state index contributed by atoms with van der Waals surface area (Å²) in [6.45, 7) is 5.90. The van der Waals surface area contributed by atoms with Gasteiger partial charge in [-0.15, -0.1) is 12.4 Å². The van der Waals surface area contributed by atoms with Crippen LogP contribution in [0.1, 0.15) is 20.8 Å². The van der Waals surface area contributed by atoms with Crippen LogP contribution < -0.4 is 5.73 Å². The topological polar surface area (TPSA) is 26.0 Å². The van der Waals surface area contributed by atoms with Gasteiger partial charge < -0.3 is 5.73 Å². The maximum Gasteiger partial charge on any atom is 0.00686 e. The lowest BCUT2D eigenvalue weighted by Gasteiger charge is -2.06. The van der Waals surface area contributed by atoms with Gasteiger partial charge in [-0.3, -0.25) is 0 Å². The molecule has 0 amide bonds. The first-order valence-electron chi connectivity index (χ1n) is 1.79. The summed E-state index contributed by atoms with van der Waals surface area (Å²) in [5.41, 5.74) is 5.35. The lowest BCUT2D eigenvalue weighted by molar-refractivity contribution is 0.580. The van der Waals surface area contributed by atoms with E-state index < -0.39 is 0 Å². The van der Waals surface area contributed by atoms with Crippen LogP contribution in [0.4, 0.5) is 0 Å². The standard InChI is InChI=1S/C4H11N.ClH/c1-4(2,3)5;/h5H2,1-3H3;1H. The Bertz CT molecular complexity index is 23.0. The lowest BCUT2D eigenvalue weighted by Crippen LogP contribution is -2.26. The minimum atomic E-state index is 0. The Labute approximate surface area is 45.3 Å². The molecule has 0 spiro atoms. The van der Waals surface area contributed by atoms with E-state index in [2.05, 4.69) is 0 Å². The number of halogens is 1. The smallest absolute Gasteiger partial charge is 0.00686 e. The van der Waals surface area contributed by atoms with Gasteiger partial charge in [0.05, 0.1) is 0 Å². The molecule has 0 saturated carbocycles. The highest BCUT2D eigenvalue weighted by Gasteiger charge is 1.95. The van der Waals surface area contributed by atoms with E-state index in [1.165, 1.54) is 0 Å². The third-order valence-electron chi connectivity index (χ3n) is 0. The number of rotatable bonds is 0. The fourth-order valence-electron chi connectivity index (χ4n) is 0. The van der Waals surface area contributed by atoms with Crippen LogP contribution in [-0.4, -0.2) is 5.54 Å². The minimum absolute atomic E-state index is 0. The Morgan fingerprint density at radius 2 is 1.17 bits per heavy atom. The fourth-order valence-corrected chi connectivity index (χ4v) is 0. The third-order valence-corrected chi connectivity index (χ3v) is 0. The summed E-state index contributed by atoms with van der Waals surface area (Å²) in [6, 6.07) is 0. The van der Waals surface area contributed by atoms with Crippen molar-refractivity contribution in [3.8, 4) is 0 Å². The van der Waals surface area contributed by atoms with Gasteiger partial charge in [0.2, 0.25) is 0 Å². The van der Waals surface area contributed by atoms with Gasteiger partial charge in [0, 0.05) is 5.54 Å². The molecular formula is C4H12ClN. The highest BCUT2D eigenvalue weighted by atomic mass is 35.5. The van der Waals surface area contributed by atoms with E-state index in [0.29, 0.717) is 0 Å². The first kappa shape index (κ1) is 9.54. The zero-order valence-corrected chi connectivity index (χ0v) is 5.30. The molecule has 2 heteroatoms. The van der Waals surface area contributed by atoms with Gasteiger partial charge in [-0.2, -0.15) is 0 Å². The molecular weight excluding hydrogens is 97.5 g/mol. The monoisotopic (exact) mass is 109 g/mol. The van der Waals surface area contributed by atoms with Crippen molar-refractivity contribution >= 4 is 12.4 Å². The van der Waals surface area contributed by atoms with Crippen molar-refractivity contribution in [1.82, 2.24) is 0 Å². The minimum Gasteiger partial charge on any atom is -0.326 e. The van der Waals surface area contributed by atoms with Gasteiger partial charge >= 0.3 is 0 Å². The molecule has 1 nitrogen and oxygen atoms in total. The molecule has 2 N–H and O–H groups in total. The summed E-state index contributed by atoms with van der Waals surface area (Å²) in [6.07, 6.45) is 0. The second kappa shape index (κ2) is 2.43. The molecule has 0 aromatic rings. The molecule has 0 atom stereocenters. The molecule has 6 heavy (non-hydrogen) atoms. The Morgan fingerprint density at radius 3 is 1.17 bits per heavy atom. The van der Waals surface area contributed by atoms with E-state index in [9.17, 15) is 0 Å². The Balaban J connectivity index is 0. The average molecular weight is 110 g/mol. The number of nitrogens with two attached hydrogens (primary N) is 1. The van der Waals surface area contributed by atoms with Gasteiger partial charge in [0.1, 0.15) is 0 Å². The molecule has 0 heterocycles. The molecule has 0 aliphatic carbocycles. The number of hydrogen-bond donors (Lipinski definition) is 1. The predicted molar refractivity (Wildman–Crippen MR) is 31.2 cm³/mol. The first-order chi connectivity index (χ1) is 2.00. The van der Waals surface area contributed by atoms with E-state index in [1.807, 2.05) is 20.8 Å². The van der Waals surface area contributed by atoms with Crippen LogP contribution in [0.3, 0.4) is 0 Å². The van der Waals surface area contributed by atoms with E-state index in [1.54, 1.807) is 0 Å². The van der Waals surface area contributed by atoms with Crippen LogP contribution in [0.15, 0.2) is 0 Å². The second-order valence-corrected chi connectivity index (χ2v) is 2.37. The third kappa shape index (κ3) is 718. The first-order valence-corrected chi connectivity index (χ1v) is 1.79. The summed E-state index contributed by atoms with van der Waals surface area (Å²) < 4.78 is 0. The zero-order chi connectivity index (χ0) is 4.50. The van der Waals surface area contributed by atoms with Crippen LogP contribution in [0.25, 0.3) is 0 Å². The summed E-state index contributed by atoms with van der Waals surface area (Å²) in [5, 5.41) is 0. The molecule has 0 aromatic carbocycles. The van der Waals surface area contributed by atoms with Gasteiger partial charge in [-0.25, -0.2) is 0 Å². The highest BCUT2D eigenvalue weighted by Crippen LogP contribution is 1.88. The molecule has 0 aromatic heterocycles. The molecule has 0 aliphatic rings. The van der Waals surface area contributed by atoms with Crippen LogP contribution in [0.2, 0.25) is 0 Å². The molecule has 0 aliphatic heterocycles. The quantitative estimate of drug-likeness (QED) is 0.497. The van der Waals surface area contributed by atoms with Crippen LogP contribution in [0, 0.1) is 0 Å². The Kier molecular flexibility index (Phi) is 3.86. The lowest BCUT2D eigenvalue weighted by atomic mass is 10.1. The van der Waals surface area contributed by atoms with E-state index in [0.717, 1.165) is 0 Å². The summed E-state index contributed by atoms with van der Waals surface area (Å²) in [4.78, 5) is 0. The van der Waals surface area contributed by atoms with Crippen molar-refractivity contribution < 1.29 is 0 Å². The van der Waals surface area contributed by atoms with Crippen LogP contribution >= 0.6 is 12.4 Å². The van der Waals surface area contributed by atoms with Gasteiger partial charge in [-0.1, -0.05) is 0 Å². The second-order valence-electron chi connectivity index (χ2n) is 2.37. The summed E-state index contributed by atoms with van der Waals surface area (Å²) in [7, 11) is 0. The maximum absolute atomic E-state index is 5.35. The van der Waals surface area contributed by atoms with Crippen molar-refractivity contribution in [3.63, 3.8) is 0 Å². The van der Waals surface area contributed by atoms with Crippen LogP contribution in [0.5, 0.6) is 0 Å². The van der Waals surface area contributed by atoms with Crippen molar-refractivity contribution in [1.29, 1.82) is 0 Å². The molecule has 0 unspecified atom stereocenters. The zero-order valence-electron chi connectivity index (χ0n) is 4.49. The molecule has 0 fully saturated rings. The average Bonchev–Trinajstić information content (AvgIpc) is 0.722. The highest BCUT2D eigenvalue weighted by molar-refractivity contribution is 5.85. The van der Waals surface area contributed by atoms with E-state index in [4.69, 9.17) is 5.73 Å². The largest absolute Gasteiger partial charge is 0.326 e. The maximum atomic E-state index is 5.35. The van der Waals surface area contributed by atoms with Gasteiger partial charge in [0.15, 0.2) is 0 Å². The number of hydrogen-bond acceptors (Lipinski definition) is 1. The van der Waals surface area contributed by atoms with Crippen molar-refractivity contribution in [3.05, 3.63) is 0 Å². The molecule has 0 radical (unpaired) electrons. The van der Waals surface area contributed by atoms with E-state index in [-0.39, 0.29) is 17.9 Å². The van der Waals surface area contributed by atoms with Crippen molar-refractivity contribution in [2.75, 3.05) is 0 Å². The molecule has 40 valence electrons. The molecule has 0 rings (SSSR count).